The fourth-order valence-corrected chi connectivity index (χ4v) is 1.35. The Hall–Kier alpha value is -1.75. The van der Waals surface area contributed by atoms with Gasteiger partial charge in [0.15, 0.2) is 0 Å². The van der Waals surface area contributed by atoms with Crippen LogP contribution in [-0.2, 0) is 28.7 Å². The number of carbonyl (C=O) groups excluding carboxylic acids is 3. The van der Waals surface area contributed by atoms with E-state index in [-0.39, 0.29) is 50.6 Å². The fourth-order valence-electron chi connectivity index (χ4n) is 1.35. The summed E-state index contributed by atoms with van der Waals surface area (Å²) in [4.78, 5) is 37.4. The largest absolute Gasteiger partial charge is 0.377 e. The van der Waals surface area contributed by atoms with Crippen molar-refractivity contribution in [2.75, 3.05) is 52.7 Å². The summed E-state index contributed by atoms with van der Waals surface area (Å²) in [7, 11) is 0. The standard InChI is InChI=1S/C13H26N4O6.2C2H6/c1-2-11(18)17-5-6-21-7-8-22-9-12(19)15-3-4-16-13(20)10-23-14;2*1-2/h2-10,14H2,1H3,(H,15,19)(H,16,20)(H,17,18);2*1-2H3. The third-order valence-electron chi connectivity index (χ3n) is 2.48. The predicted molar refractivity (Wildman–Crippen MR) is 104 cm³/mol. The summed E-state index contributed by atoms with van der Waals surface area (Å²) in [6.07, 6.45) is 0.447. The molecule has 10 nitrogen and oxygen atoms in total. The van der Waals surface area contributed by atoms with Crippen LogP contribution in [0, 0.1) is 0 Å². The molecular formula is C17H38N4O6. The van der Waals surface area contributed by atoms with Gasteiger partial charge in [-0.25, -0.2) is 5.90 Å². The van der Waals surface area contributed by atoms with Gasteiger partial charge in [0.1, 0.15) is 13.2 Å². The molecule has 0 saturated carbocycles. The van der Waals surface area contributed by atoms with E-state index in [1.54, 1.807) is 6.92 Å². The summed E-state index contributed by atoms with van der Waals surface area (Å²) < 4.78 is 10.3. The number of amides is 3. The minimum atomic E-state index is -0.356. The average molecular weight is 395 g/mol. The Labute approximate surface area is 162 Å². The summed E-state index contributed by atoms with van der Waals surface area (Å²) in [5.74, 6) is 4.07. The first-order chi connectivity index (χ1) is 13.1. The third-order valence-corrected chi connectivity index (χ3v) is 2.48. The molecule has 0 spiro atoms. The quantitative estimate of drug-likeness (QED) is 0.234. The Morgan fingerprint density at radius 2 is 1.19 bits per heavy atom. The normalized spacial score (nSPS) is 9.11. The Kier molecular flexibility index (Phi) is 29.4. The van der Waals surface area contributed by atoms with Crippen molar-refractivity contribution in [2.45, 2.75) is 41.0 Å². The molecule has 0 fully saturated rings. The molecular weight excluding hydrogens is 356 g/mol. The second-order valence-electron chi connectivity index (χ2n) is 4.38. The molecule has 0 aliphatic rings. The van der Waals surface area contributed by atoms with Crippen LogP contribution < -0.4 is 21.8 Å². The van der Waals surface area contributed by atoms with E-state index in [1.165, 1.54) is 0 Å². The Morgan fingerprint density at radius 3 is 1.70 bits per heavy atom. The van der Waals surface area contributed by atoms with Gasteiger partial charge in [0.25, 0.3) is 0 Å². The molecule has 0 unspecified atom stereocenters. The van der Waals surface area contributed by atoms with Gasteiger partial charge in [0.05, 0.1) is 19.8 Å². The third kappa shape index (κ3) is 26.6. The molecule has 0 aromatic heterocycles. The molecule has 5 N–H and O–H groups in total. The van der Waals surface area contributed by atoms with Crippen LogP contribution in [0.4, 0.5) is 0 Å². The lowest BCUT2D eigenvalue weighted by Gasteiger charge is -2.08. The summed E-state index contributed by atoms with van der Waals surface area (Å²) in [6.45, 7) is 11.5. The van der Waals surface area contributed by atoms with E-state index < -0.39 is 0 Å². The van der Waals surface area contributed by atoms with E-state index >= 15 is 0 Å². The van der Waals surface area contributed by atoms with Crippen molar-refractivity contribution in [1.29, 1.82) is 0 Å². The molecule has 0 radical (unpaired) electrons. The van der Waals surface area contributed by atoms with E-state index in [0.717, 1.165) is 0 Å². The SMILES string of the molecule is CC.CC.CCC(=O)NCCOCCOCC(=O)NCCNC(=O)CON. The minimum Gasteiger partial charge on any atom is -0.377 e. The van der Waals surface area contributed by atoms with Crippen LogP contribution in [0.1, 0.15) is 41.0 Å². The summed E-state index contributed by atoms with van der Waals surface area (Å²) in [6, 6.07) is 0. The molecule has 162 valence electrons. The van der Waals surface area contributed by atoms with E-state index in [2.05, 4.69) is 20.8 Å². The number of carbonyl (C=O) groups is 3. The molecule has 0 bridgehead atoms. The smallest absolute Gasteiger partial charge is 0.248 e. The van der Waals surface area contributed by atoms with Crippen molar-refractivity contribution in [3.63, 3.8) is 0 Å². The van der Waals surface area contributed by atoms with E-state index in [1.807, 2.05) is 27.7 Å². The topological polar surface area (TPSA) is 141 Å². The molecule has 0 rings (SSSR count). The molecule has 0 heterocycles. The van der Waals surface area contributed by atoms with Gasteiger partial charge in [-0.15, -0.1) is 0 Å². The van der Waals surface area contributed by atoms with Gasteiger partial charge in [-0.1, -0.05) is 34.6 Å². The van der Waals surface area contributed by atoms with Crippen LogP contribution in [-0.4, -0.2) is 70.4 Å². The van der Waals surface area contributed by atoms with E-state index in [0.29, 0.717) is 26.2 Å². The highest BCUT2D eigenvalue weighted by atomic mass is 16.6. The number of hydrogen-bond donors (Lipinski definition) is 4. The monoisotopic (exact) mass is 394 g/mol. The van der Waals surface area contributed by atoms with Crippen molar-refractivity contribution < 1.29 is 28.7 Å². The lowest BCUT2D eigenvalue weighted by Crippen LogP contribution is -2.38. The molecule has 0 atom stereocenters. The van der Waals surface area contributed by atoms with Crippen LogP contribution in [0.5, 0.6) is 0 Å². The lowest BCUT2D eigenvalue weighted by molar-refractivity contribution is -0.127. The maximum absolute atomic E-state index is 11.4. The minimum absolute atomic E-state index is 0.0201. The molecule has 3 amide bonds. The van der Waals surface area contributed by atoms with Crippen LogP contribution in [0.15, 0.2) is 0 Å². The van der Waals surface area contributed by atoms with Crippen molar-refractivity contribution in [3.8, 4) is 0 Å². The number of nitrogens with one attached hydrogen (secondary N) is 3. The first-order valence-electron chi connectivity index (χ1n) is 9.37. The Bertz CT molecular complexity index is 356. The summed E-state index contributed by atoms with van der Waals surface area (Å²) in [5.41, 5.74) is 0. The van der Waals surface area contributed by atoms with Gasteiger partial charge in [-0.3, -0.25) is 19.2 Å². The van der Waals surface area contributed by atoms with Gasteiger partial charge < -0.3 is 25.4 Å². The van der Waals surface area contributed by atoms with Crippen molar-refractivity contribution in [1.82, 2.24) is 16.0 Å². The molecule has 27 heavy (non-hydrogen) atoms. The van der Waals surface area contributed by atoms with E-state index in [4.69, 9.17) is 15.4 Å². The second-order valence-corrected chi connectivity index (χ2v) is 4.38. The molecule has 0 aromatic carbocycles. The zero-order valence-corrected chi connectivity index (χ0v) is 17.4. The van der Waals surface area contributed by atoms with E-state index in [9.17, 15) is 14.4 Å². The predicted octanol–water partition coefficient (Wildman–Crippen LogP) is -0.279. The maximum atomic E-state index is 11.4. The van der Waals surface area contributed by atoms with Gasteiger partial charge in [-0.2, -0.15) is 0 Å². The number of rotatable bonds is 14. The Balaban J connectivity index is -0.00000134. The van der Waals surface area contributed by atoms with Crippen molar-refractivity contribution in [3.05, 3.63) is 0 Å². The van der Waals surface area contributed by atoms with Gasteiger partial charge >= 0.3 is 0 Å². The van der Waals surface area contributed by atoms with Crippen LogP contribution in [0.3, 0.4) is 0 Å². The molecule has 0 aliphatic heterocycles. The average Bonchev–Trinajstić information content (AvgIpc) is 2.70. The highest BCUT2D eigenvalue weighted by Crippen LogP contribution is 1.80. The highest BCUT2D eigenvalue weighted by molar-refractivity contribution is 5.78. The van der Waals surface area contributed by atoms with Crippen molar-refractivity contribution >= 4 is 17.7 Å². The lowest BCUT2D eigenvalue weighted by atomic mass is 10.4. The van der Waals surface area contributed by atoms with Gasteiger partial charge in [-0.05, 0) is 0 Å². The van der Waals surface area contributed by atoms with Crippen LogP contribution in [0.2, 0.25) is 0 Å². The van der Waals surface area contributed by atoms with Gasteiger partial charge in [0.2, 0.25) is 17.7 Å². The number of nitrogens with two attached hydrogens (primary N) is 1. The zero-order valence-electron chi connectivity index (χ0n) is 17.4. The molecule has 0 saturated heterocycles. The van der Waals surface area contributed by atoms with Crippen LogP contribution in [0.25, 0.3) is 0 Å². The second kappa shape index (κ2) is 26.5. The number of hydrogen-bond acceptors (Lipinski definition) is 7. The first-order valence-corrected chi connectivity index (χ1v) is 9.37. The summed E-state index contributed by atoms with van der Waals surface area (Å²) >= 11 is 0. The summed E-state index contributed by atoms with van der Waals surface area (Å²) in [5, 5.41) is 7.74. The van der Waals surface area contributed by atoms with Crippen LogP contribution >= 0.6 is 0 Å². The Morgan fingerprint density at radius 1 is 0.704 bits per heavy atom. The fraction of sp³-hybridized carbons (Fsp3) is 0.824. The van der Waals surface area contributed by atoms with Gasteiger partial charge in [0, 0.05) is 26.1 Å². The molecule has 10 heteroatoms. The number of ether oxygens (including phenoxy) is 2. The maximum Gasteiger partial charge on any atom is 0.248 e. The van der Waals surface area contributed by atoms with Crippen molar-refractivity contribution in [2.24, 2.45) is 5.90 Å². The molecule has 0 aromatic rings. The zero-order chi connectivity index (χ0) is 21.3. The molecule has 0 aliphatic carbocycles. The highest BCUT2D eigenvalue weighted by Gasteiger charge is 2.02. The first kappa shape index (κ1) is 30.0.